The van der Waals surface area contributed by atoms with Gasteiger partial charge in [-0.15, -0.1) is 0 Å². The molecule has 0 saturated heterocycles. The Kier molecular flexibility index (Phi) is 4.47. The Hall–Kier alpha value is -1.71. The molecule has 4 nitrogen and oxygen atoms in total. The minimum Gasteiger partial charge on any atom is -0.385 e. The predicted octanol–water partition coefficient (Wildman–Crippen LogP) is 1.07. The number of anilines is 1. The molecule has 0 heterocycles. The van der Waals surface area contributed by atoms with E-state index in [1.807, 2.05) is 0 Å². The van der Waals surface area contributed by atoms with E-state index in [1.165, 1.54) is 5.56 Å². The molecule has 0 saturated carbocycles. The molecule has 0 amide bonds. The van der Waals surface area contributed by atoms with Crippen molar-refractivity contribution in [3.8, 4) is 0 Å². The van der Waals surface area contributed by atoms with Crippen LogP contribution in [0.3, 0.4) is 0 Å². The van der Waals surface area contributed by atoms with Crippen LogP contribution in [0.2, 0.25) is 0 Å². The van der Waals surface area contributed by atoms with Gasteiger partial charge in [0, 0.05) is 18.8 Å². The molecule has 0 aromatic heterocycles. The molecular weight excluding hydrogens is 188 g/mol. The average molecular weight is 206 g/mol. The SMILES string of the molecule is Cc1ccc(NCCCN=C(N)N)cc1. The monoisotopic (exact) mass is 206 g/mol. The van der Waals surface area contributed by atoms with E-state index >= 15 is 0 Å². The van der Waals surface area contributed by atoms with Crippen LogP contribution in [0.5, 0.6) is 0 Å². The summed E-state index contributed by atoms with van der Waals surface area (Å²) < 4.78 is 0. The van der Waals surface area contributed by atoms with Crippen molar-refractivity contribution in [3.63, 3.8) is 0 Å². The quantitative estimate of drug-likeness (QED) is 0.383. The van der Waals surface area contributed by atoms with E-state index < -0.39 is 0 Å². The number of nitrogens with two attached hydrogens (primary N) is 2. The van der Waals surface area contributed by atoms with E-state index in [4.69, 9.17) is 11.5 Å². The molecule has 0 atom stereocenters. The fourth-order valence-corrected chi connectivity index (χ4v) is 1.19. The lowest BCUT2D eigenvalue weighted by atomic mass is 10.2. The molecule has 0 aliphatic heterocycles. The van der Waals surface area contributed by atoms with Crippen molar-refractivity contribution < 1.29 is 0 Å². The number of aliphatic imine (C=N–C) groups is 1. The number of nitrogens with one attached hydrogen (secondary N) is 1. The van der Waals surface area contributed by atoms with E-state index in [1.54, 1.807) is 0 Å². The zero-order valence-corrected chi connectivity index (χ0v) is 9.03. The lowest BCUT2D eigenvalue weighted by Gasteiger charge is -2.05. The molecule has 0 radical (unpaired) electrons. The van der Waals surface area contributed by atoms with Crippen LogP contribution < -0.4 is 16.8 Å². The first kappa shape index (κ1) is 11.4. The number of benzene rings is 1. The van der Waals surface area contributed by atoms with E-state index in [2.05, 4.69) is 41.5 Å². The van der Waals surface area contributed by atoms with Crippen LogP contribution in [0.25, 0.3) is 0 Å². The van der Waals surface area contributed by atoms with Gasteiger partial charge in [0.05, 0.1) is 0 Å². The lowest BCUT2D eigenvalue weighted by Crippen LogP contribution is -2.23. The Morgan fingerprint density at radius 3 is 2.53 bits per heavy atom. The second-order valence-electron chi connectivity index (χ2n) is 3.45. The highest BCUT2D eigenvalue weighted by Gasteiger charge is 1.90. The average Bonchev–Trinajstić information content (AvgIpc) is 2.20. The molecule has 1 aromatic rings. The Morgan fingerprint density at radius 1 is 1.27 bits per heavy atom. The van der Waals surface area contributed by atoms with E-state index in [0.717, 1.165) is 18.7 Å². The minimum atomic E-state index is 0.158. The van der Waals surface area contributed by atoms with Crippen LogP contribution in [0.15, 0.2) is 29.3 Å². The predicted molar refractivity (Wildman–Crippen MR) is 65.0 cm³/mol. The Labute approximate surface area is 90.4 Å². The van der Waals surface area contributed by atoms with Gasteiger partial charge in [-0.1, -0.05) is 17.7 Å². The molecule has 0 bridgehead atoms. The van der Waals surface area contributed by atoms with Crippen LogP contribution >= 0.6 is 0 Å². The van der Waals surface area contributed by atoms with Gasteiger partial charge in [0.1, 0.15) is 0 Å². The first-order valence-corrected chi connectivity index (χ1v) is 5.04. The maximum atomic E-state index is 5.21. The number of nitrogens with zero attached hydrogens (tertiary/aromatic N) is 1. The molecule has 4 heteroatoms. The molecule has 5 N–H and O–H groups in total. The summed E-state index contributed by atoms with van der Waals surface area (Å²) in [7, 11) is 0. The summed E-state index contributed by atoms with van der Waals surface area (Å²) in [6.07, 6.45) is 0.922. The van der Waals surface area contributed by atoms with Gasteiger partial charge in [-0.3, -0.25) is 4.99 Å². The molecular formula is C11H18N4. The smallest absolute Gasteiger partial charge is 0.185 e. The lowest BCUT2D eigenvalue weighted by molar-refractivity contribution is 0.872. The third kappa shape index (κ3) is 4.90. The van der Waals surface area contributed by atoms with Crippen molar-refractivity contribution in [2.45, 2.75) is 13.3 Å². The Balaban J connectivity index is 2.20. The second kappa shape index (κ2) is 5.90. The Bertz CT molecular complexity index is 312. The molecule has 0 unspecified atom stereocenters. The molecule has 82 valence electrons. The highest BCUT2D eigenvalue weighted by Crippen LogP contribution is 2.07. The van der Waals surface area contributed by atoms with Crippen LogP contribution in [0.4, 0.5) is 5.69 Å². The summed E-state index contributed by atoms with van der Waals surface area (Å²) in [5, 5.41) is 3.29. The zero-order chi connectivity index (χ0) is 11.1. The fourth-order valence-electron chi connectivity index (χ4n) is 1.19. The van der Waals surface area contributed by atoms with Gasteiger partial charge in [0.2, 0.25) is 0 Å². The highest BCUT2D eigenvalue weighted by atomic mass is 15.0. The number of aryl methyl sites for hydroxylation is 1. The van der Waals surface area contributed by atoms with Gasteiger partial charge >= 0.3 is 0 Å². The number of rotatable bonds is 5. The van der Waals surface area contributed by atoms with Crippen molar-refractivity contribution in [2.24, 2.45) is 16.5 Å². The summed E-state index contributed by atoms with van der Waals surface area (Å²) in [4.78, 5) is 3.90. The van der Waals surface area contributed by atoms with E-state index in [0.29, 0.717) is 6.54 Å². The van der Waals surface area contributed by atoms with Gasteiger partial charge < -0.3 is 16.8 Å². The normalized spacial score (nSPS) is 9.67. The van der Waals surface area contributed by atoms with Crippen LogP contribution in [0, 0.1) is 6.92 Å². The molecule has 0 aliphatic carbocycles. The maximum Gasteiger partial charge on any atom is 0.185 e. The van der Waals surface area contributed by atoms with Gasteiger partial charge in [0.15, 0.2) is 5.96 Å². The molecule has 15 heavy (non-hydrogen) atoms. The van der Waals surface area contributed by atoms with Gasteiger partial charge in [0.25, 0.3) is 0 Å². The molecule has 1 rings (SSSR count). The summed E-state index contributed by atoms with van der Waals surface area (Å²) >= 11 is 0. The molecule has 0 fully saturated rings. The van der Waals surface area contributed by atoms with Gasteiger partial charge in [-0.25, -0.2) is 0 Å². The van der Waals surface area contributed by atoms with Crippen LogP contribution in [-0.2, 0) is 0 Å². The van der Waals surface area contributed by atoms with Crippen molar-refractivity contribution >= 4 is 11.6 Å². The highest BCUT2D eigenvalue weighted by molar-refractivity contribution is 5.75. The number of hydrogen-bond donors (Lipinski definition) is 3. The van der Waals surface area contributed by atoms with Crippen LogP contribution in [-0.4, -0.2) is 19.0 Å². The largest absolute Gasteiger partial charge is 0.385 e. The summed E-state index contributed by atoms with van der Waals surface area (Å²) in [5.41, 5.74) is 12.8. The second-order valence-corrected chi connectivity index (χ2v) is 3.45. The first-order chi connectivity index (χ1) is 7.18. The zero-order valence-electron chi connectivity index (χ0n) is 9.03. The third-order valence-electron chi connectivity index (χ3n) is 2.01. The summed E-state index contributed by atoms with van der Waals surface area (Å²) in [5.74, 6) is 0.158. The van der Waals surface area contributed by atoms with Crippen molar-refractivity contribution in [1.29, 1.82) is 0 Å². The minimum absolute atomic E-state index is 0.158. The fraction of sp³-hybridized carbons (Fsp3) is 0.364. The standard InChI is InChI=1S/C11H18N4/c1-9-3-5-10(6-4-9)14-7-2-8-15-11(12)13/h3-6,14H,2,7-8H2,1H3,(H4,12,13,15). The van der Waals surface area contributed by atoms with E-state index in [9.17, 15) is 0 Å². The topological polar surface area (TPSA) is 76.4 Å². The van der Waals surface area contributed by atoms with Crippen molar-refractivity contribution in [1.82, 2.24) is 0 Å². The van der Waals surface area contributed by atoms with Crippen molar-refractivity contribution in [3.05, 3.63) is 29.8 Å². The summed E-state index contributed by atoms with van der Waals surface area (Å²) in [6, 6.07) is 8.29. The number of guanidine groups is 1. The van der Waals surface area contributed by atoms with Gasteiger partial charge in [-0.2, -0.15) is 0 Å². The van der Waals surface area contributed by atoms with Crippen LogP contribution in [0.1, 0.15) is 12.0 Å². The maximum absolute atomic E-state index is 5.21. The Morgan fingerprint density at radius 2 is 1.93 bits per heavy atom. The summed E-state index contributed by atoms with van der Waals surface area (Å²) in [6.45, 7) is 3.61. The molecule has 1 aromatic carbocycles. The van der Waals surface area contributed by atoms with E-state index in [-0.39, 0.29) is 5.96 Å². The third-order valence-corrected chi connectivity index (χ3v) is 2.01. The number of hydrogen-bond acceptors (Lipinski definition) is 2. The molecule has 0 spiro atoms. The first-order valence-electron chi connectivity index (χ1n) is 5.04. The molecule has 0 aliphatic rings. The van der Waals surface area contributed by atoms with Crippen molar-refractivity contribution in [2.75, 3.05) is 18.4 Å². The van der Waals surface area contributed by atoms with Gasteiger partial charge in [-0.05, 0) is 25.5 Å².